The van der Waals surface area contributed by atoms with Crippen molar-refractivity contribution in [2.24, 2.45) is 0 Å². The molecule has 38 heavy (non-hydrogen) atoms. The van der Waals surface area contributed by atoms with E-state index in [-0.39, 0.29) is 17.0 Å². The van der Waals surface area contributed by atoms with Gasteiger partial charge in [-0.3, -0.25) is 4.79 Å². The van der Waals surface area contributed by atoms with E-state index in [0.29, 0.717) is 29.4 Å². The number of nitrogens with one attached hydrogen (secondary N) is 2. The molecule has 0 saturated carbocycles. The van der Waals surface area contributed by atoms with Gasteiger partial charge in [-0.25, -0.2) is 4.39 Å². The summed E-state index contributed by atoms with van der Waals surface area (Å²) in [6, 6.07) is 29.1. The molecule has 0 saturated heterocycles. The van der Waals surface area contributed by atoms with Crippen molar-refractivity contribution in [1.29, 1.82) is 0 Å². The zero-order chi connectivity index (χ0) is 27.1. The maximum absolute atomic E-state index is 13.0. The Kier molecular flexibility index (Phi) is 8.54. The maximum atomic E-state index is 13.0. The number of anilines is 1. The minimum Gasteiger partial charge on any atom is -0.489 e. The maximum Gasteiger partial charge on any atom is 0.193 e. The third-order valence-corrected chi connectivity index (χ3v) is 6.34. The van der Waals surface area contributed by atoms with Gasteiger partial charge in [-0.05, 0) is 70.7 Å². The van der Waals surface area contributed by atoms with Crippen LogP contribution in [0.3, 0.4) is 0 Å². The van der Waals surface area contributed by atoms with E-state index in [0.717, 1.165) is 22.6 Å². The number of hydrogen-bond acceptors (Lipinski definition) is 3. The molecular weight excluding hydrogens is 495 g/mol. The Morgan fingerprint density at radius 1 is 0.842 bits per heavy atom. The molecule has 194 valence electrons. The molecule has 0 aliphatic carbocycles. The predicted molar refractivity (Wildman–Crippen MR) is 155 cm³/mol. The monoisotopic (exact) mass is 526 g/mol. The summed E-state index contributed by atoms with van der Waals surface area (Å²) in [6.07, 6.45) is 0. The van der Waals surface area contributed by atoms with E-state index in [2.05, 4.69) is 31.4 Å². The van der Waals surface area contributed by atoms with Gasteiger partial charge in [0.25, 0.3) is 0 Å². The lowest BCUT2D eigenvalue weighted by Gasteiger charge is -2.19. The molecule has 6 heteroatoms. The van der Waals surface area contributed by atoms with Gasteiger partial charge in [-0.1, -0.05) is 81.4 Å². The SMILES string of the molecule is CC(C)(C)c1ccc(C(=O)c2cccc(NC(=S)NCc3ccc(OCc4ccc(F)cc4)cc3)c2)cc1. The van der Waals surface area contributed by atoms with Gasteiger partial charge in [0.1, 0.15) is 18.2 Å². The molecule has 2 N–H and O–H groups in total. The van der Waals surface area contributed by atoms with Crippen molar-refractivity contribution in [2.75, 3.05) is 5.32 Å². The van der Waals surface area contributed by atoms with Crippen LogP contribution in [0.25, 0.3) is 0 Å². The molecule has 0 amide bonds. The number of halogens is 1. The topological polar surface area (TPSA) is 50.4 Å². The Bertz CT molecular complexity index is 1390. The van der Waals surface area contributed by atoms with Crippen molar-refractivity contribution >= 4 is 28.8 Å². The van der Waals surface area contributed by atoms with Crippen molar-refractivity contribution in [1.82, 2.24) is 5.32 Å². The average molecular weight is 527 g/mol. The lowest BCUT2D eigenvalue weighted by atomic mass is 9.86. The van der Waals surface area contributed by atoms with Crippen molar-refractivity contribution in [3.63, 3.8) is 0 Å². The number of carbonyl (C=O) groups is 1. The van der Waals surface area contributed by atoms with Crippen LogP contribution in [0.1, 0.15) is 53.4 Å². The number of ether oxygens (including phenoxy) is 1. The number of thiocarbonyl (C=S) groups is 1. The normalized spacial score (nSPS) is 11.1. The number of hydrogen-bond donors (Lipinski definition) is 2. The van der Waals surface area contributed by atoms with Crippen molar-refractivity contribution in [3.8, 4) is 5.75 Å². The molecule has 0 atom stereocenters. The molecule has 0 unspecified atom stereocenters. The van der Waals surface area contributed by atoms with E-state index >= 15 is 0 Å². The van der Waals surface area contributed by atoms with Gasteiger partial charge >= 0.3 is 0 Å². The van der Waals surface area contributed by atoms with Crippen LogP contribution in [0.2, 0.25) is 0 Å². The molecule has 4 aromatic carbocycles. The molecule has 4 aromatic rings. The third kappa shape index (κ3) is 7.49. The molecule has 0 spiro atoms. The first-order valence-corrected chi connectivity index (χ1v) is 12.8. The number of ketones is 1. The fourth-order valence-electron chi connectivity index (χ4n) is 3.83. The molecule has 0 fully saturated rings. The van der Waals surface area contributed by atoms with Crippen molar-refractivity contribution in [3.05, 3.63) is 131 Å². The summed E-state index contributed by atoms with van der Waals surface area (Å²) in [7, 11) is 0. The van der Waals surface area contributed by atoms with E-state index in [1.54, 1.807) is 24.3 Å². The van der Waals surface area contributed by atoms with Crippen LogP contribution in [0.5, 0.6) is 5.75 Å². The van der Waals surface area contributed by atoms with Crippen LogP contribution in [0.15, 0.2) is 97.1 Å². The Balaban J connectivity index is 1.28. The largest absolute Gasteiger partial charge is 0.489 e. The quantitative estimate of drug-likeness (QED) is 0.185. The van der Waals surface area contributed by atoms with E-state index < -0.39 is 0 Å². The number of rotatable bonds is 8. The van der Waals surface area contributed by atoms with Gasteiger partial charge in [0.05, 0.1) is 0 Å². The summed E-state index contributed by atoms with van der Waals surface area (Å²) in [5.41, 5.74) is 5.15. The molecule has 0 aliphatic heterocycles. The number of carbonyl (C=O) groups excluding carboxylic acids is 1. The Morgan fingerprint density at radius 3 is 2.16 bits per heavy atom. The Labute approximate surface area is 228 Å². The van der Waals surface area contributed by atoms with Crippen molar-refractivity contribution < 1.29 is 13.9 Å². The average Bonchev–Trinajstić information content (AvgIpc) is 2.91. The van der Waals surface area contributed by atoms with Crippen LogP contribution < -0.4 is 15.4 Å². The predicted octanol–water partition coefficient (Wildman–Crippen LogP) is 7.42. The molecule has 4 rings (SSSR count). The standard InChI is InChI=1S/C32H31FN2O2S/c1-32(2,3)26-13-11-24(12-14-26)30(36)25-5-4-6-28(19-25)35-31(38)34-20-22-9-17-29(18-10-22)37-21-23-7-15-27(33)16-8-23/h4-19H,20-21H2,1-3H3,(H2,34,35,38). The summed E-state index contributed by atoms with van der Waals surface area (Å²) < 4.78 is 18.8. The van der Waals surface area contributed by atoms with Gasteiger partial charge in [-0.15, -0.1) is 0 Å². The van der Waals surface area contributed by atoms with Crippen LogP contribution in [-0.2, 0) is 18.6 Å². The second-order valence-electron chi connectivity index (χ2n) is 10.1. The molecule has 0 bridgehead atoms. The Morgan fingerprint density at radius 2 is 1.50 bits per heavy atom. The summed E-state index contributed by atoms with van der Waals surface area (Å²) in [5, 5.41) is 6.81. The fourth-order valence-corrected chi connectivity index (χ4v) is 4.02. The highest BCUT2D eigenvalue weighted by molar-refractivity contribution is 7.80. The van der Waals surface area contributed by atoms with Gasteiger partial charge < -0.3 is 15.4 Å². The Hall–Kier alpha value is -4.03. The van der Waals surface area contributed by atoms with Gasteiger partial charge in [0.2, 0.25) is 0 Å². The molecule has 0 aliphatic rings. The molecule has 0 heterocycles. The molecule has 0 aromatic heterocycles. The minimum atomic E-state index is -0.263. The summed E-state index contributed by atoms with van der Waals surface area (Å²) in [5.74, 6) is 0.434. The summed E-state index contributed by atoms with van der Waals surface area (Å²) in [6.45, 7) is 7.35. The lowest BCUT2D eigenvalue weighted by molar-refractivity contribution is 0.103. The fraction of sp³-hybridized carbons (Fsp3) is 0.188. The van der Waals surface area contributed by atoms with E-state index in [1.807, 2.05) is 60.7 Å². The van der Waals surface area contributed by atoms with Gasteiger partial charge in [-0.2, -0.15) is 0 Å². The van der Waals surface area contributed by atoms with Crippen LogP contribution in [0, 0.1) is 5.82 Å². The van der Waals surface area contributed by atoms with Crippen LogP contribution >= 0.6 is 12.2 Å². The smallest absolute Gasteiger partial charge is 0.193 e. The zero-order valence-electron chi connectivity index (χ0n) is 21.8. The summed E-state index contributed by atoms with van der Waals surface area (Å²) >= 11 is 5.46. The first-order valence-electron chi connectivity index (χ1n) is 12.4. The van der Waals surface area contributed by atoms with E-state index in [4.69, 9.17) is 17.0 Å². The zero-order valence-corrected chi connectivity index (χ0v) is 22.6. The molecule has 4 nitrogen and oxygen atoms in total. The minimum absolute atomic E-state index is 0.0327. The molecular formula is C32H31FN2O2S. The first-order chi connectivity index (χ1) is 18.2. The highest BCUT2D eigenvalue weighted by Crippen LogP contribution is 2.23. The highest BCUT2D eigenvalue weighted by atomic mass is 32.1. The van der Waals surface area contributed by atoms with Gasteiger partial charge in [0.15, 0.2) is 10.9 Å². The first kappa shape index (κ1) is 27.0. The highest BCUT2D eigenvalue weighted by Gasteiger charge is 2.15. The van der Waals surface area contributed by atoms with Crippen molar-refractivity contribution in [2.45, 2.75) is 39.3 Å². The summed E-state index contributed by atoms with van der Waals surface area (Å²) in [4.78, 5) is 13.0. The molecule has 0 radical (unpaired) electrons. The second-order valence-corrected chi connectivity index (χ2v) is 10.5. The van der Waals surface area contributed by atoms with E-state index in [1.165, 1.54) is 17.7 Å². The number of benzene rings is 4. The van der Waals surface area contributed by atoms with E-state index in [9.17, 15) is 9.18 Å². The third-order valence-electron chi connectivity index (χ3n) is 6.09. The lowest BCUT2D eigenvalue weighted by Crippen LogP contribution is -2.27. The van der Waals surface area contributed by atoms with Gasteiger partial charge in [0, 0.05) is 23.4 Å². The van der Waals surface area contributed by atoms with Crippen LogP contribution in [-0.4, -0.2) is 10.9 Å². The second kappa shape index (κ2) is 12.0. The van der Waals surface area contributed by atoms with Crippen LogP contribution in [0.4, 0.5) is 10.1 Å².